The molecule has 0 atom stereocenters. The van der Waals surface area contributed by atoms with Gasteiger partial charge in [-0.3, -0.25) is 4.72 Å². The number of aromatic nitrogens is 2. The summed E-state index contributed by atoms with van der Waals surface area (Å²) in [6.45, 7) is 0.614. The van der Waals surface area contributed by atoms with Gasteiger partial charge in [0.15, 0.2) is 0 Å². The number of hydrogen-bond donors (Lipinski definition) is 1. The highest BCUT2D eigenvalue weighted by atomic mass is 32.2. The molecule has 8 heteroatoms. The Balaban J connectivity index is 1.72. The minimum Gasteiger partial charge on any atom is -0.497 e. The van der Waals surface area contributed by atoms with Gasteiger partial charge in [0.25, 0.3) is 10.0 Å². The summed E-state index contributed by atoms with van der Waals surface area (Å²) in [7, 11) is -0.215. The molecule has 0 spiro atoms. The van der Waals surface area contributed by atoms with Crippen LogP contribution < -0.4 is 14.4 Å². The van der Waals surface area contributed by atoms with Crippen LogP contribution in [-0.4, -0.2) is 32.5 Å². The SMILES string of the molecule is COc1cccc(CN(C)c2ccc(S(=O)(=O)Nc3ccccn3)cn2)c1. The van der Waals surface area contributed by atoms with E-state index in [1.165, 1.54) is 18.5 Å². The molecule has 0 radical (unpaired) electrons. The van der Waals surface area contributed by atoms with E-state index in [-0.39, 0.29) is 10.7 Å². The molecule has 0 aliphatic rings. The lowest BCUT2D eigenvalue weighted by atomic mass is 10.2. The van der Waals surface area contributed by atoms with Crippen molar-refractivity contribution in [3.05, 3.63) is 72.6 Å². The van der Waals surface area contributed by atoms with Crippen LogP contribution in [-0.2, 0) is 16.6 Å². The molecule has 3 aromatic rings. The first kappa shape index (κ1) is 18.7. The van der Waals surface area contributed by atoms with E-state index in [0.717, 1.165) is 11.3 Å². The monoisotopic (exact) mass is 384 g/mol. The zero-order valence-electron chi connectivity index (χ0n) is 15.0. The first-order valence-corrected chi connectivity index (χ1v) is 9.70. The third-order valence-corrected chi connectivity index (χ3v) is 5.22. The van der Waals surface area contributed by atoms with Crippen molar-refractivity contribution in [2.75, 3.05) is 23.8 Å². The fourth-order valence-corrected chi connectivity index (χ4v) is 3.46. The van der Waals surface area contributed by atoms with Gasteiger partial charge >= 0.3 is 0 Å². The normalized spacial score (nSPS) is 11.0. The molecule has 0 amide bonds. The van der Waals surface area contributed by atoms with Gasteiger partial charge in [-0.1, -0.05) is 18.2 Å². The maximum Gasteiger partial charge on any atom is 0.264 e. The molecule has 0 unspecified atom stereocenters. The fourth-order valence-electron chi connectivity index (χ4n) is 2.50. The van der Waals surface area contributed by atoms with Crippen molar-refractivity contribution < 1.29 is 13.2 Å². The van der Waals surface area contributed by atoms with Crippen LogP contribution in [0.25, 0.3) is 0 Å². The van der Waals surface area contributed by atoms with Gasteiger partial charge in [0.05, 0.1) is 7.11 Å². The van der Waals surface area contributed by atoms with E-state index in [2.05, 4.69) is 14.7 Å². The summed E-state index contributed by atoms with van der Waals surface area (Å²) in [5.74, 6) is 1.71. The van der Waals surface area contributed by atoms with Crippen molar-refractivity contribution in [3.8, 4) is 5.75 Å². The Morgan fingerprint density at radius 3 is 2.59 bits per heavy atom. The molecule has 0 fully saturated rings. The van der Waals surface area contributed by atoms with Crippen LogP contribution in [0.5, 0.6) is 5.75 Å². The number of sulfonamides is 1. The molecular formula is C19H20N4O3S. The summed E-state index contributed by atoms with van der Waals surface area (Å²) in [5.41, 5.74) is 1.06. The zero-order chi connectivity index (χ0) is 19.3. The maximum absolute atomic E-state index is 12.4. The lowest BCUT2D eigenvalue weighted by molar-refractivity contribution is 0.414. The minimum atomic E-state index is -3.73. The molecule has 0 saturated heterocycles. The summed E-state index contributed by atoms with van der Waals surface area (Å²) in [4.78, 5) is 10.3. The van der Waals surface area contributed by atoms with Crippen molar-refractivity contribution in [3.63, 3.8) is 0 Å². The molecule has 27 heavy (non-hydrogen) atoms. The Kier molecular flexibility index (Phi) is 5.56. The average molecular weight is 384 g/mol. The molecule has 1 aromatic carbocycles. The lowest BCUT2D eigenvalue weighted by Gasteiger charge is -2.19. The predicted octanol–water partition coefficient (Wildman–Crippen LogP) is 2.92. The minimum absolute atomic E-state index is 0.0756. The molecule has 0 bridgehead atoms. The fraction of sp³-hybridized carbons (Fsp3) is 0.158. The second kappa shape index (κ2) is 8.05. The van der Waals surface area contributed by atoms with Crippen molar-refractivity contribution >= 4 is 21.7 Å². The van der Waals surface area contributed by atoms with Crippen LogP contribution in [0.3, 0.4) is 0 Å². The number of nitrogens with one attached hydrogen (secondary N) is 1. The van der Waals surface area contributed by atoms with E-state index in [9.17, 15) is 8.42 Å². The standard InChI is InChI=1S/C19H20N4O3S/c1-23(14-15-6-5-7-16(12-15)26-2)19-10-9-17(13-21-19)27(24,25)22-18-8-3-4-11-20-18/h3-13H,14H2,1-2H3,(H,20,22). The van der Waals surface area contributed by atoms with Gasteiger partial charge in [0.1, 0.15) is 22.3 Å². The van der Waals surface area contributed by atoms with Gasteiger partial charge < -0.3 is 9.64 Å². The number of hydrogen-bond acceptors (Lipinski definition) is 6. The Hall–Kier alpha value is -3.13. The number of anilines is 2. The number of nitrogens with zero attached hydrogens (tertiary/aromatic N) is 3. The van der Waals surface area contributed by atoms with Crippen LogP contribution in [0.15, 0.2) is 71.9 Å². The number of ether oxygens (including phenoxy) is 1. The van der Waals surface area contributed by atoms with Crippen LogP contribution in [0.1, 0.15) is 5.56 Å². The third kappa shape index (κ3) is 4.73. The van der Waals surface area contributed by atoms with E-state index in [4.69, 9.17) is 4.74 Å². The van der Waals surface area contributed by atoms with Crippen molar-refractivity contribution in [2.45, 2.75) is 11.4 Å². The molecule has 140 valence electrons. The Morgan fingerprint density at radius 1 is 1.07 bits per heavy atom. The van der Waals surface area contributed by atoms with Gasteiger partial charge in [-0.05, 0) is 42.0 Å². The van der Waals surface area contributed by atoms with Gasteiger partial charge in [0, 0.05) is 26.0 Å². The summed E-state index contributed by atoms with van der Waals surface area (Å²) >= 11 is 0. The molecule has 7 nitrogen and oxygen atoms in total. The van der Waals surface area contributed by atoms with Crippen molar-refractivity contribution in [1.29, 1.82) is 0 Å². The Labute approximate surface area is 158 Å². The number of benzene rings is 1. The molecule has 2 aromatic heterocycles. The molecule has 0 aliphatic heterocycles. The molecule has 1 N–H and O–H groups in total. The summed E-state index contributed by atoms with van der Waals surface area (Å²) in [5, 5.41) is 0. The number of rotatable bonds is 7. The highest BCUT2D eigenvalue weighted by Gasteiger charge is 2.16. The summed E-state index contributed by atoms with van der Waals surface area (Å²) in [6.07, 6.45) is 2.86. The van der Waals surface area contributed by atoms with Gasteiger partial charge in [-0.15, -0.1) is 0 Å². The van der Waals surface area contributed by atoms with Crippen LogP contribution in [0, 0.1) is 0 Å². The van der Waals surface area contributed by atoms with Gasteiger partial charge in [-0.2, -0.15) is 0 Å². The zero-order valence-corrected chi connectivity index (χ0v) is 15.8. The summed E-state index contributed by atoms with van der Waals surface area (Å²) in [6, 6.07) is 16.0. The van der Waals surface area contributed by atoms with Gasteiger partial charge in [-0.25, -0.2) is 18.4 Å². The average Bonchev–Trinajstić information content (AvgIpc) is 2.68. The second-order valence-corrected chi connectivity index (χ2v) is 7.56. The van der Waals surface area contributed by atoms with Crippen molar-refractivity contribution in [1.82, 2.24) is 9.97 Å². The van der Waals surface area contributed by atoms with Crippen LogP contribution in [0.2, 0.25) is 0 Å². The van der Waals surface area contributed by atoms with Crippen LogP contribution in [0.4, 0.5) is 11.6 Å². The van der Waals surface area contributed by atoms with E-state index >= 15 is 0 Å². The smallest absolute Gasteiger partial charge is 0.264 e. The van der Waals surface area contributed by atoms with E-state index in [1.54, 1.807) is 31.4 Å². The second-order valence-electron chi connectivity index (χ2n) is 5.88. The third-order valence-electron chi connectivity index (χ3n) is 3.88. The molecule has 2 heterocycles. The molecule has 0 saturated carbocycles. The molecular weight excluding hydrogens is 364 g/mol. The summed E-state index contributed by atoms with van der Waals surface area (Å²) < 4.78 is 32.5. The number of pyridine rings is 2. The molecule has 0 aliphatic carbocycles. The topological polar surface area (TPSA) is 84.4 Å². The quantitative estimate of drug-likeness (QED) is 0.674. The van der Waals surface area contributed by atoms with E-state index < -0.39 is 10.0 Å². The predicted molar refractivity (Wildman–Crippen MR) is 104 cm³/mol. The largest absolute Gasteiger partial charge is 0.497 e. The first-order valence-electron chi connectivity index (χ1n) is 8.22. The molecule has 3 rings (SSSR count). The Bertz CT molecular complexity index is 993. The highest BCUT2D eigenvalue weighted by molar-refractivity contribution is 7.92. The van der Waals surface area contributed by atoms with E-state index in [1.807, 2.05) is 36.2 Å². The van der Waals surface area contributed by atoms with Crippen molar-refractivity contribution in [2.24, 2.45) is 0 Å². The van der Waals surface area contributed by atoms with Crippen LogP contribution >= 0.6 is 0 Å². The number of methoxy groups -OCH3 is 1. The Morgan fingerprint density at radius 2 is 1.93 bits per heavy atom. The van der Waals surface area contributed by atoms with Gasteiger partial charge in [0.2, 0.25) is 0 Å². The lowest BCUT2D eigenvalue weighted by Crippen LogP contribution is -2.18. The first-order chi connectivity index (χ1) is 13.0. The highest BCUT2D eigenvalue weighted by Crippen LogP contribution is 2.19. The maximum atomic E-state index is 12.4. The van der Waals surface area contributed by atoms with E-state index in [0.29, 0.717) is 12.4 Å².